The van der Waals surface area contributed by atoms with Gasteiger partial charge in [0.2, 0.25) is 0 Å². The lowest BCUT2D eigenvalue weighted by atomic mass is 10.2. The van der Waals surface area contributed by atoms with Crippen LogP contribution in [0.4, 0.5) is 5.69 Å². The third-order valence-electron chi connectivity index (χ3n) is 2.38. The maximum atomic E-state index is 9.05. The maximum absolute atomic E-state index is 9.05. The van der Waals surface area contributed by atoms with E-state index in [4.69, 9.17) is 5.11 Å². The van der Waals surface area contributed by atoms with Crippen LogP contribution in [0.25, 0.3) is 0 Å². The van der Waals surface area contributed by atoms with Gasteiger partial charge in [0, 0.05) is 17.6 Å². The topological polar surface area (TPSA) is 23.5 Å². The summed E-state index contributed by atoms with van der Waals surface area (Å²) in [6, 6.07) is 5.93. The molecule has 88 valence electrons. The molecule has 3 heteroatoms. The molecule has 0 radical (unpaired) electrons. The number of aliphatic hydroxyl groups excluding tert-OH is 1. The van der Waals surface area contributed by atoms with E-state index in [9.17, 15) is 0 Å². The molecule has 0 aliphatic carbocycles. The van der Waals surface area contributed by atoms with Crippen molar-refractivity contribution in [2.75, 3.05) is 18.0 Å². The van der Waals surface area contributed by atoms with Crippen LogP contribution in [0, 0.1) is 0 Å². The van der Waals surface area contributed by atoms with Crippen molar-refractivity contribution in [1.82, 2.24) is 0 Å². The third-order valence-corrected chi connectivity index (χ3v) is 3.01. The first kappa shape index (κ1) is 13.3. The summed E-state index contributed by atoms with van der Waals surface area (Å²) in [7, 11) is 0. The van der Waals surface area contributed by atoms with Crippen LogP contribution in [-0.2, 0) is 6.61 Å². The lowest BCUT2D eigenvalue weighted by molar-refractivity contribution is 0.282. The summed E-state index contributed by atoms with van der Waals surface area (Å²) < 4.78 is 1.02. The van der Waals surface area contributed by atoms with E-state index in [-0.39, 0.29) is 6.61 Å². The number of rotatable bonds is 5. The van der Waals surface area contributed by atoms with Crippen molar-refractivity contribution >= 4 is 21.6 Å². The summed E-state index contributed by atoms with van der Waals surface area (Å²) in [5.74, 6) is 0. The highest BCUT2D eigenvalue weighted by Crippen LogP contribution is 2.27. The van der Waals surface area contributed by atoms with Crippen molar-refractivity contribution < 1.29 is 5.11 Å². The molecular formula is C13H18BrNO. The molecule has 1 aromatic rings. The van der Waals surface area contributed by atoms with Gasteiger partial charge in [0.25, 0.3) is 0 Å². The molecule has 0 amide bonds. The Kier molecular flexibility index (Phi) is 5.03. The molecule has 0 atom stereocenters. The van der Waals surface area contributed by atoms with Crippen LogP contribution in [0.5, 0.6) is 0 Å². The average molecular weight is 284 g/mol. The van der Waals surface area contributed by atoms with Gasteiger partial charge in [0.1, 0.15) is 0 Å². The molecule has 0 aliphatic rings. The van der Waals surface area contributed by atoms with Crippen LogP contribution >= 0.6 is 15.9 Å². The van der Waals surface area contributed by atoms with Gasteiger partial charge in [-0.25, -0.2) is 0 Å². The van der Waals surface area contributed by atoms with Crippen LogP contribution in [0.2, 0.25) is 0 Å². The summed E-state index contributed by atoms with van der Waals surface area (Å²) in [6.07, 6.45) is 0. The zero-order valence-electron chi connectivity index (χ0n) is 9.83. The second-order valence-corrected chi connectivity index (χ2v) is 4.77. The van der Waals surface area contributed by atoms with Crippen molar-refractivity contribution in [3.05, 3.63) is 40.4 Å². The average Bonchev–Trinajstić information content (AvgIpc) is 2.25. The zero-order chi connectivity index (χ0) is 12.1. The lowest BCUT2D eigenvalue weighted by Gasteiger charge is -2.24. The van der Waals surface area contributed by atoms with Crippen LogP contribution in [0.1, 0.15) is 19.4 Å². The fraction of sp³-hybridized carbons (Fsp3) is 0.385. The number of hydrogen-bond donors (Lipinski definition) is 1. The highest BCUT2D eigenvalue weighted by atomic mass is 79.9. The summed E-state index contributed by atoms with van der Waals surface area (Å²) in [6.45, 7) is 9.95. The molecule has 0 aliphatic heterocycles. The number of nitrogens with zero attached hydrogens (tertiary/aromatic N) is 1. The number of halogens is 1. The minimum absolute atomic E-state index is 0.0749. The van der Waals surface area contributed by atoms with Gasteiger partial charge in [-0.1, -0.05) is 18.2 Å². The molecule has 0 saturated heterocycles. The van der Waals surface area contributed by atoms with Crippen LogP contribution in [0.3, 0.4) is 0 Å². The highest BCUT2D eigenvalue weighted by Gasteiger charge is 2.08. The van der Waals surface area contributed by atoms with E-state index in [1.54, 1.807) is 0 Å². The quantitative estimate of drug-likeness (QED) is 0.838. The van der Waals surface area contributed by atoms with Crippen molar-refractivity contribution in [1.29, 1.82) is 0 Å². The largest absolute Gasteiger partial charge is 0.392 e. The van der Waals surface area contributed by atoms with Gasteiger partial charge in [-0.05, 0) is 47.5 Å². The minimum atomic E-state index is 0.0749. The molecule has 1 N–H and O–H groups in total. The molecule has 0 saturated carbocycles. The van der Waals surface area contributed by atoms with Gasteiger partial charge in [0.15, 0.2) is 0 Å². The fourth-order valence-electron chi connectivity index (χ4n) is 1.60. The normalized spacial score (nSPS) is 10.2. The molecular weight excluding hydrogens is 266 g/mol. The Bertz CT molecular complexity index is 376. The van der Waals surface area contributed by atoms with E-state index in [1.165, 1.54) is 0 Å². The summed E-state index contributed by atoms with van der Waals surface area (Å²) in [5.41, 5.74) is 3.20. The van der Waals surface area contributed by atoms with Crippen molar-refractivity contribution in [2.24, 2.45) is 0 Å². The predicted octanol–water partition coefficient (Wildman–Crippen LogP) is 3.34. The van der Waals surface area contributed by atoms with Crippen LogP contribution in [-0.4, -0.2) is 18.2 Å². The molecule has 0 bridgehead atoms. The second kappa shape index (κ2) is 6.06. The Morgan fingerprint density at radius 2 is 2.19 bits per heavy atom. The van der Waals surface area contributed by atoms with E-state index in [0.717, 1.165) is 34.4 Å². The van der Waals surface area contributed by atoms with E-state index >= 15 is 0 Å². The smallest absolute Gasteiger partial charge is 0.0682 e. The number of likely N-dealkylation sites (N-methyl/N-ethyl adjacent to an activating group) is 1. The number of anilines is 1. The molecule has 1 rings (SSSR count). The van der Waals surface area contributed by atoms with Gasteiger partial charge in [0.05, 0.1) is 12.3 Å². The van der Waals surface area contributed by atoms with Gasteiger partial charge < -0.3 is 10.0 Å². The summed E-state index contributed by atoms with van der Waals surface area (Å²) in [5, 5.41) is 9.05. The Balaban J connectivity index is 2.96. The van der Waals surface area contributed by atoms with Gasteiger partial charge >= 0.3 is 0 Å². The molecule has 2 nitrogen and oxygen atoms in total. The van der Waals surface area contributed by atoms with Crippen LogP contribution in [0.15, 0.2) is 34.8 Å². The Labute approximate surface area is 106 Å². The maximum Gasteiger partial charge on any atom is 0.0682 e. The molecule has 16 heavy (non-hydrogen) atoms. The summed E-state index contributed by atoms with van der Waals surface area (Å²) >= 11 is 3.54. The molecule has 0 fully saturated rings. The monoisotopic (exact) mass is 283 g/mol. The first-order valence-corrected chi connectivity index (χ1v) is 6.16. The van der Waals surface area contributed by atoms with Gasteiger partial charge in [-0.3, -0.25) is 0 Å². The SMILES string of the molecule is C=C(C)CN(CC)c1ccc(CO)cc1Br. The standard InChI is InChI=1S/C13H18BrNO/c1-4-15(8-10(2)3)13-6-5-11(9-16)7-12(13)14/h5-7,16H,2,4,8-9H2,1,3H3. The molecule has 0 unspecified atom stereocenters. The molecule has 0 aromatic heterocycles. The summed E-state index contributed by atoms with van der Waals surface area (Å²) in [4.78, 5) is 2.24. The van der Waals surface area contributed by atoms with Crippen molar-refractivity contribution in [3.8, 4) is 0 Å². The van der Waals surface area contributed by atoms with Gasteiger partial charge in [-0.2, -0.15) is 0 Å². The first-order chi connectivity index (χ1) is 7.58. The van der Waals surface area contributed by atoms with E-state index in [2.05, 4.69) is 34.3 Å². The third kappa shape index (κ3) is 3.35. The first-order valence-electron chi connectivity index (χ1n) is 5.37. The van der Waals surface area contributed by atoms with Crippen molar-refractivity contribution in [3.63, 3.8) is 0 Å². The fourth-order valence-corrected chi connectivity index (χ4v) is 2.28. The van der Waals surface area contributed by atoms with E-state index in [1.807, 2.05) is 25.1 Å². The van der Waals surface area contributed by atoms with Crippen molar-refractivity contribution in [2.45, 2.75) is 20.5 Å². The number of aliphatic hydroxyl groups is 1. The lowest BCUT2D eigenvalue weighted by Crippen LogP contribution is -2.24. The molecule has 1 aromatic carbocycles. The molecule has 0 spiro atoms. The number of hydrogen-bond acceptors (Lipinski definition) is 2. The number of benzene rings is 1. The second-order valence-electron chi connectivity index (χ2n) is 3.92. The zero-order valence-corrected chi connectivity index (χ0v) is 11.4. The minimum Gasteiger partial charge on any atom is -0.392 e. The van der Waals surface area contributed by atoms with Crippen LogP contribution < -0.4 is 4.90 Å². The predicted molar refractivity (Wildman–Crippen MR) is 72.8 cm³/mol. The molecule has 0 heterocycles. The Morgan fingerprint density at radius 3 is 2.62 bits per heavy atom. The van der Waals surface area contributed by atoms with E-state index < -0.39 is 0 Å². The van der Waals surface area contributed by atoms with Gasteiger partial charge in [-0.15, -0.1) is 0 Å². The Morgan fingerprint density at radius 1 is 1.50 bits per heavy atom. The Hall–Kier alpha value is -0.800. The van der Waals surface area contributed by atoms with E-state index in [0.29, 0.717) is 0 Å². The highest BCUT2D eigenvalue weighted by molar-refractivity contribution is 9.10.